The molecular formula is C23H31NO4. The van der Waals surface area contributed by atoms with Crippen LogP contribution in [-0.4, -0.2) is 46.1 Å². The Balaban J connectivity index is 2.31. The van der Waals surface area contributed by atoms with Gasteiger partial charge in [0.25, 0.3) is 0 Å². The third-order valence-electron chi connectivity index (χ3n) is 5.50. The Bertz CT molecular complexity index is 763. The van der Waals surface area contributed by atoms with Gasteiger partial charge in [-0.25, -0.2) is 0 Å². The van der Waals surface area contributed by atoms with Crippen molar-refractivity contribution in [1.82, 2.24) is 4.90 Å². The van der Waals surface area contributed by atoms with Gasteiger partial charge in [0.2, 0.25) is 5.75 Å². The molecule has 0 aromatic heterocycles. The Morgan fingerprint density at radius 2 is 1.54 bits per heavy atom. The highest BCUT2D eigenvalue weighted by Gasteiger charge is 2.33. The van der Waals surface area contributed by atoms with E-state index in [9.17, 15) is 4.79 Å². The normalized spacial score (nSPS) is 13.1. The summed E-state index contributed by atoms with van der Waals surface area (Å²) in [5.41, 5.74) is 1.59. The molecule has 0 aliphatic rings. The molecule has 0 heterocycles. The Labute approximate surface area is 168 Å². The van der Waals surface area contributed by atoms with Crippen LogP contribution in [0, 0.1) is 0 Å². The zero-order valence-corrected chi connectivity index (χ0v) is 17.7. The van der Waals surface area contributed by atoms with Crippen LogP contribution in [0.25, 0.3) is 0 Å². The topological polar surface area (TPSA) is 48.0 Å². The Morgan fingerprint density at radius 1 is 0.964 bits per heavy atom. The van der Waals surface area contributed by atoms with E-state index in [1.54, 1.807) is 33.5 Å². The molecule has 0 saturated carbocycles. The minimum Gasteiger partial charge on any atom is -0.493 e. The second kappa shape index (κ2) is 9.60. The van der Waals surface area contributed by atoms with Crippen molar-refractivity contribution in [3.8, 4) is 17.2 Å². The van der Waals surface area contributed by atoms with Gasteiger partial charge in [0.05, 0.1) is 21.3 Å². The number of Topliss-reactive ketones (excluding diaryl/α,β-unsaturated/α-hetero) is 1. The number of ketones is 1. The van der Waals surface area contributed by atoms with Crippen LogP contribution in [0.15, 0.2) is 42.5 Å². The van der Waals surface area contributed by atoms with Gasteiger partial charge in [0.1, 0.15) is 0 Å². The Kier molecular flexibility index (Phi) is 7.46. The van der Waals surface area contributed by atoms with E-state index >= 15 is 0 Å². The molecule has 152 valence electrons. The van der Waals surface area contributed by atoms with E-state index in [2.05, 4.69) is 38.1 Å². The molecule has 0 aliphatic carbocycles. The summed E-state index contributed by atoms with van der Waals surface area (Å²) >= 11 is 0. The maximum absolute atomic E-state index is 13.0. The standard InChI is InChI=1S/C23H31NO4/c1-7-23(24(2)3,18-11-9-8-10-12-18)14-13-19(25)17-15-20(26-4)22(28-6)21(16-17)27-5/h8-12,15-16H,7,13-14H2,1-6H3. The summed E-state index contributed by atoms with van der Waals surface area (Å²) in [5, 5.41) is 0. The van der Waals surface area contributed by atoms with Crippen molar-refractivity contribution in [2.45, 2.75) is 31.7 Å². The van der Waals surface area contributed by atoms with Crippen LogP contribution < -0.4 is 14.2 Å². The molecule has 5 heteroatoms. The highest BCUT2D eigenvalue weighted by molar-refractivity contribution is 5.97. The van der Waals surface area contributed by atoms with Crippen LogP contribution >= 0.6 is 0 Å². The summed E-state index contributed by atoms with van der Waals surface area (Å²) in [6, 6.07) is 13.8. The monoisotopic (exact) mass is 385 g/mol. The maximum Gasteiger partial charge on any atom is 0.203 e. The van der Waals surface area contributed by atoms with Crippen LogP contribution in [-0.2, 0) is 5.54 Å². The molecule has 0 fully saturated rings. The first-order valence-corrected chi connectivity index (χ1v) is 9.49. The minimum atomic E-state index is -0.197. The summed E-state index contributed by atoms with van der Waals surface area (Å²) in [6.45, 7) is 2.16. The molecule has 0 bridgehead atoms. The van der Waals surface area contributed by atoms with E-state index in [4.69, 9.17) is 14.2 Å². The van der Waals surface area contributed by atoms with Crippen molar-refractivity contribution in [2.75, 3.05) is 35.4 Å². The number of hydrogen-bond acceptors (Lipinski definition) is 5. The van der Waals surface area contributed by atoms with Gasteiger partial charge < -0.3 is 14.2 Å². The first-order valence-electron chi connectivity index (χ1n) is 9.49. The van der Waals surface area contributed by atoms with Crippen molar-refractivity contribution in [2.24, 2.45) is 0 Å². The van der Waals surface area contributed by atoms with E-state index in [0.717, 1.165) is 12.8 Å². The zero-order chi connectivity index (χ0) is 20.7. The summed E-state index contributed by atoms with van der Waals surface area (Å²) in [7, 11) is 8.79. The summed E-state index contributed by atoms with van der Waals surface area (Å²) in [4.78, 5) is 15.2. The predicted octanol–water partition coefficient (Wildman–Crippen LogP) is 4.54. The molecule has 0 aliphatic heterocycles. The van der Waals surface area contributed by atoms with Crippen LogP contribution in [0.3, 0.4) is 0 Å². The van der Waals surface area contributed by atoms with Gasteiger partial charge in [-0.3, -0.25) is 9.69 Å². The van der Waals surface area contributed by atoms with E-state index < -0.39 is 0 Å². The summed E-state index contributed by atoms with van der Waals surface area (Å²) in [5.74, 6) is 1.52. The molecule has 0 spiro atoms. The lowest BCUT2D eigenvalue weighted by molar-refractivity contribution is 0.0900. The molecule has 28 heavy (non-hydrogen) atoms. The lowest BCUT2D eigenvalue weighted by atomic mass is 9.81. The number of carbonyl (C=O) groups is 1. The molecule has 0 N–H and O–H groups in total. The fraction of sp³-hybridized carbons (Fsp3) is 0.435. The van der Waals surface area contributed by atoms with Crippen LogP contribution in [0.4, 0.5) is 0 Å². The Morgan fingerprint density at radius 3 is 1.96 bits per heavy atom. The first-order chi connectivity index (χ1) is 13.4. The number of methoxy groups -OCH3 is 3. The van der Waals surface area contributed by atoms with Gasteiger partial charge in [-0.15, -0.1) is 0 Å². The molecule has 0 radical (unpaired) electrons. The Hall–Kier alpha value is -2.53. The molecule has 0 amide bonds. The number of rotatable bonds is 10. The number of carbonyl (C=O) groups excluding carboxylic acids is 1. The quantitative estimate of drug-likeness (QED) is 0.562. The van der Waals surface area contributed by atoms with Crippen LogP contribution in [0.1, 0.15) is 42.1 Å². The third kappa shape index (κ3) is 4.30. The molecule has 2 aromatic carbocycles. The van der Waals surface area contributed by atoms with E-state index in [1.165, 1.54) is 5.56 Å². The largest absolute Gasteiger partial charge is 0.493 e. The highest BCUT2D eigenvalue weighted by Crippen LogP contribution is 2.39. The van der Waals surface area contributed by atoms with Gasteiger partial charge in [0.15, 0.2) is 17.3 Å². The van der Waals surface area contributed by atoms with Gasteiger partial charge in [-0.1, -0.05) is 37.3 Å². The van der Waals surface area contributed by atoms with Crippen molar-refractivity contribution < 1.29 is 19.0 Å². The summed E-state index contributed by atoms with van der Waals surface area (Å²) in [6.07, 6.45) is 2.04. The average Bonchev–Trinajstić information content (AvgIpc) is 2.73. The third-order valence-corrected chi connectivity index (χ3v) is 5.50. The van der Waals surface area contributed by atoms with Gasteiger partial charge in [-0.05, 0) is 44.6 Å². The highest BCUT2D eigenvalue weighted by atomic mass is 16.5. The van der Waals surface area contributed by atoms with Gasteiger partial charge >= 0.3 is 0 Å². The van der Waals surface area contributed by atoms with Crippen molar-refractivity contribution >= 4 is 5.78 Å². The van der Waals surface area contributed by atoms with Crippen molar-refractivity contribution in [3.63, 3.8) is 0 Å². The molecule has 1 atom stereocenters. The van der Waals surface area contributed by atoms with Crippen molar-refractivity contribution in [3.05, 3.63) is 53.6 Å². The predicted molar refractivity (Wildman–Crippen MR) is 112 cm³/mol. The number of nitrogens with zero attached hydrogens (tertiary/aromatic N) is 1. The molecule has 5 nitrogen and oxygen atoms in total. The first kappa shape index (κ1) is 21.8. The van der Waals surface area contributed by atoms with E-state index in [-0.39, 0.29) is 11.3 Å². The number of hydrogen-bond donors (Lipinski definition) is 0. The molecular weight excluding hydrogens is 354 g/mol. The lowest BCUT2D eigenvalue weighted by Crippen LogP contribution is -2.41. The molecule has 0 saturated heterocycles. The van der Waals surface area contributed by atoms with Crippen molar-refractivity contribution in [1.29, 1.82) is 0 Å². The second-order valence-electron chi connectivity index (χ2n) is 6.98. The molecule has 1 unspecified atom stereocenters. The molecule has 2 aromatic rings. The fourth-order valence-electron chi connectivity index (χ4n) is 3.78. The van der Waals surface area contributed by atoms with Crippen LogP contribution in [0.5, 0.6) is 17.2 Å². The van der Waals surface area contributed by atoms with E-state index in [1.807, 2.05) is 18.2 Å². The minimum absolute atomic E-state index is 0.0508. The SMILES string of the molecule is CCC(CCC(=O)c1cc(OC)c(OC)c(OC)c1)(c1ccccc1)N(C)C. The lowest BCUT2D eigenvalue weighted by Gasteiger charge is -2.40. The van der Waals surface area contributed by atoms with E-state index in [0.29, 0.717) is 29.2 Å². The fourth-order valence-corrected chi connectivity index (χ4v) is 3.78. The maximum atomic E-state index is 13.0. The molecule has 2 rings (SSSR count). The summed E-state index contributed by atoms with van der Waals surface area (Å²) < 4.78 is 16.1. The van der Waals surface area contributed by atoms with Gasteiger partial charge in [-0.2, -0.15) is 0 Å². The zero-order valence-electron chi connectivity index (χ0n) is 17.7. The van der Waals surface area contributed by atoms with Crippen LogP contribution in [0.2, 0.25) is 0 Å². The smallest absolute Gasteiger partial charge is 0.203 e. The van der Waals surface area contributed by atoms with Gasteiger partial charge in [0, 0.05) is 17.5 Å². The number of ether oxygens (including phenoxy) is 3. The average molecular weight is 386 g/mol. The second-order valence-corrected chi connectivity index (χ2v) is 6.98. The number of benzene rings is 2.